The number of halogens is 2. The predicted octanol–water partition coefficient (Wildman–Crippen LogP) is 1.65. The summed E-state index contributed by atoms with van der Waals surface area (Å²) in [4.78, 5) is 11.7. The van der Waals surface area contributed by atoms with Crippen LogP contribution >= 0.6 is 34.2 Å². The molecule has 0 bridgehead atoms. The van der Waals surface area contributed by atoms with Gasteiger partial charge in [-0.1, -0.05) is 11.6 Å². The van der Waals surface area contributed by atoms with Crippen LogP contribution in [0.15, 0.2) is 18.2 Å². The molecule has 1 amide bonds. The summed E-state index contributed by atoms with van der Waals surface area (Å²) >= 11 is 8.08. The first-order valence-electron chi connectivity index (χ1n) is 4.63. The Kier molecular flexibility index (Phi) is 3.48. The average molecular weight is 337 g/mol. The van der Waals surface area contributed by atoms with Crippen molar-refractivity contribution >= 4 is 40.1 Å². The van der Waals surface area contributed by atoms with E-state index in [4.69, 9.17) is 11.6 Å². The molecule has 1 fully saturated rings. The molecule has 15 heavy (non-hydrogen) atoms. The summed E-state index contributed by atoms with van der Waals surface area (Å²) in [7, 11) is 0. The van der Waals surface area contributed by atoms with Gasteiger partial charge in [0.1, 0.15) is 0 Å². The van der Waals surface area contributed by atoms with Gasteiger partial charge in [-0.3, -0.25) is 4.79 Å². The van der Waals surface area contributed by atoms with Crippen molar-refractivity contribution in [2.45, 2.75) is 6.04 Å². The number of amides is 1. The Bertz CT molecular complexity index is 393. The van der Waals surface area contributed by atoms with E-state index in [1.807, 2.05) is 6.07 Å². The Morgan fingerprint density at radius 3 is 2.80 bits per heavy atom. The van der Waals surface area contributed by atoms with E-state index in [-0.39, 0.29) is 11.9 Å². The molecule has 1 aromatic carbocycles. The van der Waals surface area contributed by atoms with Crippen molar-refractivity contribution in [3.63, 3.8) is 0 Å². The molecular formula is C10H10ClIN2O. The summed E-state index contributed by atoms with van der Waals surface area (Å²) in [6, 6.07) is 5.59. The van der Waals surface area contributed by atoms with Crippen LogP contribution in [0.2, 0.25) is 5.02 Å². The fourth-order valence-corrected chi connectivity index (χ4v) is 1.81. The minimum atomic E-state index is -0.0557. The van der Waals surface area contributed by atoms with Crippen LogP contribution in [0.3, 0.4) is 0 Å². The number of benzene rings is 1. The Morgan fingerprint density at radius 2 is 2.27 bits per heavy atom. The van der Waals surface area contributed by atoms with Gasteiger partial charge in [0.2, 0.25) is 0 Å². The molecule has 0 atom stereocenters. The maximum Gasteiger partial charge on any atom is 0.251 e. The monoisotopic (exact) mass is 336 g/mol. The predicted molar refractivity (Wildman–Crippen MR) is 68.3 cm³/mol. The maximum atomic E-state index is 11.7. The van der Waals surface area contributed by atoms with E-state index in [1.54, 1.807) is 12.1 Å². The molecule has 1 saturated heterocycles. The summed E-state index contributed by atoms with van der Waals surface area (Å²) in [5, 5.41) is 6.63. The molecule has 1 aliphatic heterocycles. The topological polar surface area (TPSA) is 41.1 Å². The van der Waals surface area contributed by atoms with Crippen molar-refractivity contribution in [2.24, 2.45) is 0 Å². The van der Waals surface area contributed by atoms with E-state index in [9.17, 15) is 4.79 Å². The molecule has 0 saturated carbocycles. The lowest BCUT2D eigenvalue weighted by Gasteiger charge is -2.27. The van der Waals surface area contributed by atoms with Crippen molar-refractivity contribution < 1.29 is 4.79 Å². The molecular weight excluding hydrogens is 326 g/mol. The molecule has 0 aromatic heterocycles. The van der Waals surface area contributed by atoms with Gasteiger partial charge in [-0.05, 0) is 40.8 Å². The van der Waals surface area contributed by atoms with Crippen LogP contribution in [0.5, 0.6) is 0 Å². The van der Waals surface area contributed by atoms with Crippen molar-refractivity contribution in [3.8, 4) is 0 Å². The van der Waals surface area contributed by atoms with Crippen LogP contribution in [0.25, 0.3) is 0 Å². The molecule has 0 spiro atoms. The molecule has 2 N–H and O–H groups in total. The molecule has 0 radical (unpaired) electrons. The highest BCUT2D eigenvalue weighted by molar-refractivity contribution is 14.1. The normalized spacial score (nSPS) is 15.9. The lowest BCUT2D eigenvalue weighted by molar-refractivity contribution is 0.0924. The number of carbonyl (C=O) groups is 1. The zero-order valence-corrected chi connectivity index (χ0v) is 10.8. The minimum absolute atomic E-state index is 0.0557. The summed E-state index contributed by atoms with van der Waals surface area (Å²) in [6.45, 7) is 1.70. The van der Waals surface area contributed by atoms with Gasteiger partial charge in [0.25, 0.3) is 5.91 Å². The van der Waals surface area contributed by atoms with Crippen LogP contribution in [-0.2, 0) is 0 Å². The number of carbonyl (C=O) groups excluding carboxylic acids is 1. The van der Waals surface area contributed by atoms with Gasteiger partial charge in [-0.25, -0.2) is 0 Å². The standard InChI is InChI=1S/C10H10ClIN2O/c11-8-3-6(1-2-9(8)12)10(15)14-7-4-13-5-7/h1-3,7,13H,4-5H2,(H,14,15). The molecule has 1 aliphatic rings. The number of rotatable bonds is 2. The van der Waals surface area contributed by atoms with Crippen LogP contribution in [0, 0.1) is 3.57 Å². The Morgan fingerprint density at radius 1 is 1.53 bits per heavy atom. The first-order valence-corrected chi connectivity index (χ1v) is 6.09. The second-order valence-corrected chi connectivity index (χ2v) is 5.03. The van der Waals surface area contributed by atoms with Gasteiger partial charge in [-0.15, -0.1) is 0 Å². The zero-order valence-electron chi connectivity index (χ0n) is 7.89. The van der Waals surface area contributed by atoms with Gasteiger partial charge in [0.05, 0.1) is 11.1 Å². The number of nitrogens with one attached hydrogen (secondary N) is 2. The van der Waals surface area contributed by atoms with Crippen molar-refractivity contribution in [1.29, 1.82) is 0 Å². The van der Waals surface area contributed by atoms with Crippen LogP contribution in [0.4, 0.5) is 0 Å². The van der Waals surface area contributed by atoms with Gasteiger partial charge in [-0.2, -0.15) is 0 Å². The molecule has 3 nitrogen and oxygen atoms in total. The first kappa shape index (κ1) is 11.2. The lowest BCUT2D eigenvalue weighted by atomic mass is 10.1. The molecule has 1 aromatic rings. The number of hydrogen-bond donors (Lipinski definition) is 2. The number of hydrogen-bond acceptors (Lipinski definition) is 2. The van der Waals surface area contributed by atoms with Gasteiger partial charge in [0, 0.05) is 22.2 Å². The van der Waals surface area contributed by atoms with Gasteiger partial charge >= 0.3 is 0 Å². The summed E-state index contributed by atoms with van der Waals surface area (Å²) in [6.07, 6.45) is 0. The van der Waals surface area contributed by atoms with Crippen molar-refractivity contribution in [1.82, 2.24) is 10.6 Å². The molecule has 5 heteroatoms. The smallest absolute Gasteiger partial charge is 0.251 e. The third-order valence-corrected chi connectivity index (χ3v) is 3.87. The third-order valence-electron chi connectivity index (χ3n) is 2.30. The van der Waals surface area contributed by atoms with E-state index >= 15 is 0 Å². The quantitative estimate of drug-likeness (QED) is 0.806. The second kappa shape index (κ2) is 4.67. The molecule has 2 rings (SSSR count). The van der Waals surface area contributed by atoms with E-state index in [1.165, 1.54) is 0 Å². The van der Waals surface area contributed by atoms with Crippen molar-refractivity contribution in [2.75, 3.05) is 13.1 Å². The summed E-state index contributed by atoms with van der Waals surface area (Å²) in [5.41, 5.74) is 0.618. The van der Waals surface area contributed by atoms with E-state index in [0.29, 0.717) is 10.6 Å². The first-order chi connectivity index (χ1) is 7.16. The molecule has 0 aliphatic carbocycles. The lowest BCUT2D eigenvalue weighted by Crippen LogP contribution is -2.56. The van der Waals surface area contributed by atoms with Crippen LogP contribution in [-0.4, -0.2) is 25.0 Å². The minimum Gasteiger partial charge on any atom is -0.347 e. The molecule has 1 heterocycles. The fourth-order valence-electron chi connectivity index (χ4n) is 1.30. The van der Waals surface area contributed by atoms with Crippen molar-refractivity contribution in [3.05, 3.63) is 32.4 Å². The van der Waals surface area contributed by atoms with Gasteiger partial charge in [0.15, 0.2) is 0 Å². The highest BCUT2D eigenvalue weighted by Crippen LogP contribution is 2.19. The third kappa shape index (κ3) is 2.62. The molecule has 0 unspecified atom stereocenters. The SMILES string of the molecule is O=C(NC1CNC1)c1ccc(I)c(Cl)c1. The average Bonchev–Trinajstić information content (AvgIpc) is 2.15. The maximum absolute atomic E-state index is 11.7. The van der Waals surface area contributed by atoms with E-state index in [0.717, 1.165) is 16.7 Å². The Labute approximate surface area is 107 Å². The highest BCUT2D eigenvalue weighted by Gasteiger charge is 2.19. The van der Waals surface area contributed by atoms with Gasteiger partial charge < -0.3 is 10.6 Å². The summed E-state index contributed by atoms with van der Waals surface area (Å²) in [5.74, 6) is -0.0557. The Balaban J connectivity index is 2.07. The molecule has 80 valence electrons. The Hall–Kier alpha value is -0.330. The fraction of sp³-hybridized carbons (Fsp3) is 0.300. The van der Waals surface area contributed by atoms with Crippen LogP contribution in [0.1, 0.15) is 10.4 Å². The largest absolute Gasteiger partial charge is 0.347 e. The summed E-state index contributed by atoms with van der Waals surface area (Å²) < 4.78 is 0.955. The zero-order chi connectivity index (χ0) is 10.8. The van der Waals surface area contributed by atoms with E-state index < -0.39 is 0 Å². The van der Waals surface area contributed by atoms with E-state index in [2.05, 4.69) is 33.2 Å². The second-order valence-electron chi connectivity index (χ2n) is 3.46. The highest BCUT2D eigenvalue weighted by atomic mass is 127. The van der Waals surface area contributed by atoms with Crippen LogP contribution < -0.4 is 10.6 Å².